The average Bonchev–Trinajstić information content (AvgIpc) is 2.93. The van der Waals surface area contributed by atoms with Crippen LogP contribution in [-0.2, 0) is 14.8 Å². The Morgan fingerprint density at radius 3 is 2.70 bits per heavy atom. The van der Waals surface area contributed by atoms with E-state index >= 15 is 0 Å². The SMILES string of the molecule is CC(Nc1ccc(S(=O)(=O)N(C)C)cn1)C1CCCO1. The second-order valence-electron chi connectivity index (χ2n) is 5.15. The maximum atomic E-state index is 11.9. The summed E-state index contributed by atoms with van der Waals surface area (Å²) in [4.78, 5) is 4.36. The molecule has 2 atom stereocenters. The van der Waals surface area contributed by atoms with Gasteiger partial charge in [-0.3, -0.25) is 0 Å². The first-order chi connectivity index (χ1) is 9.41. The van der Waals surface area contributed by atoms with Crippen LogP contribution >= 0.6 is 0 Å². The molecule has 0 saturated carbocycles. The number of pyridine rings is 1. The minimum absolute atomic E-state index is 0.154. The molecule has 0 radical (unpaired) electrons. The average molecular weight is 299 g/mol. The Labute approximate surface area is 120 Å². The first kappa shape index (κ1) is 15.2. The molecule has 1 fully saturated rings. The fourth-order valence-corrected chi connectivity index (χ4v) is 3.00. The summed E-state index contributed by atoms with van der Waals surface area (Å²) >= 11 is 0. The molecule has 1 aromatic heterocycles. The van der Waals surface area contributed by atoms with Gasteiger partial charge in [0.2, 0.25) is 10.0 Å². The summed E-state index contributed by atoms with van der Waals surface area (Å²) in [7, 11) is -0.417. The largest absolute Gasteiger partial charge is 0.376 e. The number of hydrogen-bond acceptors (Lipinski definition) is 5. The molecule has 2 heterocycles. The van der Waals surface area contributed by atoms with Gasteiger partial charge in [-0.2, -0.15) is 0 Å². The smallest absolute Gasteiger partial charge is 0.244 e. The number of ether oxygens (including phenoxy) is 1. The molecule has 7 heteroatoms. The van der Waals surface area contributed by atoms with E-state index < -0.39 is 10.0 Å². The van der Waals surface area contributed by atoms with Crippen LogP contribution in [-0.4, -0.2) is 50.6 Å². The van der Waals surface area contributed by atoms with Crippen molar-refractivity contribution in [1.29, 1.82) is 0 Å². The third kappa shape index (κ3) is 3.28. The molecule has 6 nitrogen and oxygen atoms in total. The van der Waals surface area contributed by atoms with E-state index in [-0.39, 0.29) is 17.0 Å². The molecule has 0 aromatic carbocycles. The number of anilines is 1. The van der Waals surface area contributed by atoms with Crippen LogP contribution in [0, 0.1) is 0 Å². The zero-order valence-corrected chi connectivity index (χ0v) is 12.9. The van der Waals surface area contributed by atoms with Gasteiger partial charge in [0.25, 0.3) is 0 Å². The molecule has 0 bridgehead atoms. The highest BCUT2D eigenvalue weighted by Crippen LogP contribution is 2.19. The van der Waals surface area contributed by atoms with Gasteiger partial charge in [0.15, 0.2) is 0 Å². The van der Waals surface area contributed by atoms with E-state index in [2.05, 4.69) is 10.3 Å². The molecule has 0 spiro atoms. The molecule has 0 amide bonds. The molecular formula is C13H21N3O3S. The van der Waals surface area contributed by atoms with Crippen LogP contribution in [0.15, 0.2) is 23.2 Å². The lowest BCUT2D eigenvalue weighted by molar-refractivity contribution is 0.0995. The highest BCUT2D eigenvalue weighted by Gasteiger charge is 2.23. The molecule has 20 heavy (non-hydrogen) atoms. The van der Waals surface area contributed by atoms with Crippen molar-refractivity contribution in [3.05, 3.63) is 18.3 Å². The van der Waals surface area contributed by atoms with Gasteiger partial charge in [-0.1, -0.05) is 0 Å². The van der Waals surface area contributed by atoms with E-state index in [1.165, 1.54) is 24.6 Å². The topological polar surface area (TPSA) is 71.5 Å². The van der Waals surface area contributed by atoms with Crippen LogP contribution in [0.5, 0.6) is 0 Å². The highest BCUT2D eigenvalue weighted by molar-refractivity contribution is 7.89. The Hall–Kier alpha value is -1.18. The number of sulfonamides is 1. The maximum absolute atomic E-state index is 11.9. The van der Waals surface area contributed by atoms with Crippen molar-refractivity contribution in [1.82, 2.24) is 9.29 Å². The molecule has 1 aliphatic rings. The van der Waals surface area contributed by atoms with Crippen LogP contribution in [0.1, 0.15) is 19.8 Å². The first-order valence-electron chi connectivity index (χ1n) is 6.68. The molecule has 1 saturated heterocycles. The second-order valence-corrected chi connectivity index (χ2v) is 7.30. The van der Waals surface area contributed by atoms with E-state index in [4.69, 9.17) is 4.74 Å². The predicted octanol–water partition coefficient (Wildman–Crippen LogP) is 1.31. The number of rotatable bonds is 5. The monoisotopic (exact) mass is 299 g/mol. The lowest BCUT2D eigenvalue weighted by atomic mass is 10.1. The standard InChI is InChI=1S/C13H21N3O3S/c1-10(12-5-4-8-19-12)15-13-7-6-11(9-14-13)20(17,18)16(2)3/h6-7,9-10,12H,4-5,8H2,1-3H3,(H,14,15). The molecular weight excluding hydrogens is 278 g/mol. The third-order valence-corrected chi connectivity index (χ3v) is 5.21. The Morgan fingerprint density at radius 1 is 1.45 bits per heavy atom. The molecule has 1 aromatic rings. The first-order valence-corrected chi connectivity index (χ1v) is 8.12. The van der Waals surface area contributed by atoms with E-state index in [0.717, 1.165) is 19.4 Å². The summed E-state index contributed by atoms with van der Waals surface area (Å²) < 4.78 is 30.6. The lowest BCUT2D eigenvalue weighted by Gasteiger charge is -2.20. The van der Waals surface area contributed by atoms with Gasteiger partial charge in [-0.15, -0.1) is 0 Å². The van der Waals surface area contributed by atoms with Crippen LogP contribution in [0.25, 0.3) is 0 Å². The van der Waals surface area contributed by atoms with E-state index in [0.29, 0.717) is 5.82 Å². The van der Waals surface area contributed by atoms with Crippen molar-refractivity contribution in [2.75, 3.05) is 26.0 Å². The number of nitrogens with zero attached hydrogens (tertiary/aromatic N) is 2. The van der Waals surface area contributed by atoms with Crippen molar-refractivity contribution in [2.45, 2.75) is 36.8 Å². The van der Waals surface area contributed by atoms with Gasteiger partial charge in [0.05, 0.1) is 12.1 Å². The van der Waals surface area contributed by atoms with Gasteiger partial charge >= 0.3 is 0 Å². The summed E-state index contributed by atoms with van der Waals surface area (Å²) in [6, 6.07) is 3.40. The van der Waals surface area contributed by atoms with Crippen LogP contribution in [0.2, 0.25) is 0 Å². The molecule has 2 rings (SSSR count). The Kier molecular flexibility index (Phi) is 4.62. The Morgan fingerprint density at radius 2 is 2.20 bits per heavy atom. The van der Waals surface area contributed by atoms with Crippen LogP contribution in [0.3, 0.4) is 0 Å². The minimum Gasteiger partial charge on any atom is -0.376 e. The zero-order chi connectivity index (χ0) is 14.8. The summed E-state index contributed by atoms with van der Waals surface area (Å²) in [6.45, 7) is 2.85. The number of aromatic nitrogens is 1. The van der Waals surface area contributed by atoms with Crippen molar-refractivity contribution in [3.8, 4) is 0 Å². The van der Waals surface area contributed by atoms with E-state index in [9.17, 15) is 8.42 Å². The van der Waals surface area contributed by atoms with Gasteiger partial charge in [-0.05, 0) is 31.9 Å². The number of nitrogens with one attached hydrogen (secondary N) is 1. The van der Waals surface area contributed by atoms with E-state index in [1.54, 1.807) is 12.1 Å². The summed E-state index contributed by atoms with van der Waals surface area (Å²) in [5.41, 5.74) is 0. The van der Waals surface area contributed by atoms with Crippen LogP contribution < -0.4 is 5.32 Å². The van der Waals surface area contributed by atoms with Gasteiger partial charge in [-0.25, -0.2) is 17.7 Å². The Bertz CT molecular complexity index is 536. The summed E-state index contributed by atoms with van der Waals surface area (Å²) in [6.07, 6.45) is 3.70. The fraction of sp³-hybridized carbons (Fsp3) is 0.615. The number of hydrogen-bond donors (Lipinski definition) is 1. The van der Waals surface area contributed by atoms with Crippen molar-refractivity contribution in [2.24, 2.45) is 0 Å². The lowest BCUT2D eigenvalue weighted by Crippen LogP contribution is -2.30. The summed E-state index contributed by atoms with van der Waals surface area (Å²) in [5, 5.41) is 3.25. The maximum Gasteiger partial charge on any atom is 0.244 e. The van der Waals surface area contributed by atoms with Crippen LogP contribution in [0.4, 0.5) is 5.82 Å². The third-order valence-electron chi connectivity index (χ3n) is 3.41. The van der Waals surface area contributed by atoms with Gasteiger partial charge in [0.1, 0.15) is 10.7 Å². The summed E-state index contributed by atoms with van der Waals surface area (Å²) in [5.74, 6) is 0.658. The quantitative estimate of drug-likeness (QED) is 0.887. The highest BCUT2D eigenvalue weighted by atomic mass is 32.2. The molecule has 0 aliphatic carbocycles. The van der Waals surface area contributed by atoms with Gasteiger partial charge < -0.3 is 10.1 Å². The zero-order valence-electron chi connectivity index (χ0n) is 12.0. The fourth-order valence-electron chi connectivity index (χ4n) is 2.15. The van der Waals surface area contributed by atoms with Crippen molar-refractivity contribution in [3.63, 3.8) is 0 Å². The molecule has 1 N–H and O–H groups in total. The normalized spacial score (nSPS) is 21.1. The molecule has 2 unspecified atom stereocenters. The molecule has 1 aliphatic heterocycles. The second kappa shape index (κ2) is 6.07. The van der Waals surface area contributed by atoms with Crippen molar-refractivity contribution < 1.29 is 13.2 Å². The van der Waals surface area contributed by atoms with Crippen molar-refractivity contribution >= 4 is 15.8 Å². The van der Waals surface area contributed by atoms with E-state index in [1.807, 2.05) is 6.92 Å². The predicted molar refractivity (Wildman–Crippen MR) is 77.2 cm³/mol. The molecule has 112 valence electrons. The minimum atomic E-state index is -3.42. The van der Waals surface area contributed by atoms with Gasteiger partial charge in [0, 0.05) is 26.9 Å². The Balaban J connectivity index is 2.05.